The Morgan fingerprint density at radius 2 is 1.92 bits per heavy atom. The van der Waals surface area contributed by atoms with Crippen molar-refractivity contribution in [2.24, 2.45) is 0 Å². The van der Waals surface area contributed by atoms with Crippen LogP contribution in [0.3, 0.4) is 0 Å². The maximum absolute atomic E-state index is 13.5. The van der Waals surface area contributed by atoms with Gasteiger partial charge in [-0.15, -0.1) is 5.10 Å². The predicted octanol–water partition coefficient (Wildman–Crippen LogP) is 2.91. The molecular formula is C27H31N7O2. The van der Waals surface area contributed by atoms with Gasteiger partial charge in [0.05, 0.1) is 18.2 Å². The van der Waals surface area contributed by atoms with Crippen LogP contribution >= 0.6 is 0 Å². The molecule has 36 heavy (non-hydrogen) atoms. The van der Waals surface area contributed by atoms with E-state index >= 15 is 0 Å². The first-order valence-corrected chi connectivity index (χ1v) is 12.7. The van der Waals surface area contributed by atoms with Crippen molar-refractivity contribution in [2.45, 2.75) is 38.5 Å². The number of ether oxygens (including phenoxy) is 1. The Balaban J connectivity index is 1.37. The van der Waals surface area contributed by atoms with Gasteiger partial charge >= 0.3 is 0 Å². The number of para-hydroxylation sites is 2. The van der Waals surface area contributed by atoms with Crippen LogP contribution in [0.2, 0.25) is 0 Å². The quantitative estimate of drug-likeness (QED) is 0.449. The molecule has 186 valence electrons. The van der Waals surface area contributed by atoms with Crippen LogP contribution in [0.5, 0.6) is 0 Å². The van der Waals surface area contributed by atoms with Crippen LogP contribution in [0.4, 0.5) is 5.69 Å². The second-order valence-electron chi connectivity index (χ2n) is 9.71. The normalized spacial score (nSPS) is 19.7. The Morgan fingerprint density at radius 1 is 1.08 bits per heavy atom. The van der Waals surface area contributed by atoms with E-state index < -0.39 is 0 Å². The van der Waals surface area contributed by atoms with Gasteiger partial charge in [-0.3, -0.25) is 9.69 Å². The summed E-state index contributed by atoms with van der Waals surface area (Å²) in [7, 11) is 0. The summed E-state index contributed by atoms with van der Waals surface area (Å²) in [6.45, 7) is 6.68. The number of rotatable bonds is 6. The van der Waals surface area contributed by atoms with Gasteiger partial charge in [0, 0.05) is 44.0 Å². The lowest BCUT2D eigenvalue weighted by molar-refractivity contribution is 0.0906. The van der Waals surface area contributed by atoms with E-state index in [4.69, 9.17) is 4.74 Å². The Morgan fingerprint density at radius 3 is 2.69 bits per heavy atom. The third-order valence-corrected chi connectivity index (χ3v) is 7.42. The number of nitrogens with zero attached hydrogens (tertiary/aromatic N) is 6. The van der Waals surface area contributed by atoms with Crippen LogP contribution in [0.25, 0.3) is 10.9 Å². The lowest BCUT2D eigenvalue weighted by Gasteiger charge is -2.39. The van der Waals surface area contributed by atoms with Crippen LogP contribution in [-0.2, 0) is 11.3 Å². The average Bonchev–Trinajstić information content (AvgIpc) is 3.59. The number of aryl methyl sites for hydroxylation is 1. The van der Waals surface area contributed by atoms with Crippen LogP contribution in [-0.4, -0.2) is 69.0 Å². The Hall–Kier alpha value is -3.56. The highest BCUT2D eigenvalue weighted by Gasteiger charge is 2.33. The lowest BCUT2D eigenvalue weighted by atomic mass is 10.0. The molecule has 9 nitrogen and oxygen atoms in total. The number of piperazine rings is 1. The largest absolute Gasteiger partial charge is 0.376 e. The van der Waals surface area contributed by atoms with Crippen molar-refractivity contribution in [3.63, 3.8) is 0 Å². The van der Waals surface area contributed by atoms with Gasteiger partial charge in [-0.1, -0.05) is 36.4 Å². The molecule has 2 fully saturated rings. The number of nitrogens with one attached hydrogen (secondary N) is 1. The van der Waals surface area contributed by atoms with Gasteiger partial charge < -0.3 is 14.6 Å². The van der Waals surface area contributed by atoms with Gasteiger partial charge in [0.2, 0.25) is 0 Å². The van der Waals surface area contributed by atoms with Crippen molar-refractivity contribution >= 4 is 16.6 Å². The van der Waals surface area contributed by atoms with Gasteiger partial charge in [0.1, 0.15) is 6.04 Å². The number of pyridine rings is 1. The number of aromatic nitrogens is 5. The van der Waals surface area contributed by atoms with E-state index in [1.54, 1.807) is 0 Å². The van der Waals surface area contributed by atoms with Crippen LogP contribution in [0, 0.1) is 6.92 Å². The van der Waals surface area contributed by atoms with Gasteiger partial charge in [-0.25, -0.2) is 4.68 Å². The number of tetrazole rings is 1. The summed E-state index contributed by atoms with van der Waals surface area (Å²) in [6.07, 6.45) is 2.15. The molecule has 0 unspecified atom stereocenters. The molecule has 1 N–H and O–H groups in total. The molecule has 9 heteroatoms. The van der Waals surface area contributed by atoms with Crippen LogP contribution in [0.1, 0.15) is 35.8 Å². The zero-order valence-electron chi connectivity index (χ0n) is 20.5. The molecule has 0 saturated carbocycles. The van der Waals surface area contributed by atoms with E-state index in [1.165, 1.54) is 5.69 Å². The SMILES string of the molecule is Cc1cccc2cc([C@@H](c3nnnn3C[C@H]3CCCO3)N3CCN(c4ccccc4)CC3)c(=O)[nH]c12. The molecule has 2 saturated heterocycles. The number of benzene rings is 2. The summed E-state index contributed by atoms with van der Waals surface area (Å²) >= 11 is 0. The van der Waals surface area contributed by atoms with Gasteiger partial charge in [0.25, 0.3) is 5.56 Å². The third-order valence-electron chi connectivity index (χ3n) is 7.42. The molecule has 4 heterocycles. The number of hydrogen-bond donors (Lipinski definition) is 1. The predicted molar refractivity (Wildman–Crippen MR) is 138 cm³/mol. The zero-order chi connectivity index (χ0) is 24.5. The van der Waals surface area contributed by atoms with Crippen molar-refractivity contribution in [3.8, 4) is 0 Å². The molecule has 0 amide bonds. The summed E-state index contributed by atoms with van der Waals surface area (Å²) in [5.74, 6) is 0.691. The highest BCUT2D eigenvalue weighted by molar-refractivity contribution is 5.82. The topological polar surface area (TPSA) is 92.2 Å². The fourth-order valence-corrected chi connectivity index (χ4v) is 5.50. The fourth-order valence-electron chi connectivity index (χ4n) is 5.50. The molecule has 0 bridgehead atoms. The van der Waals surface area contributed by atoms with E-state index in [1.807, 2.05) is 41.9 Å². The fraction of sp³-hybridized carbons (Fsp3) is 0.407. The molecule has 2 aromatic carbocycles. The minimum Gasteiger partial charge on any atom is -0.376 e. The number of anilines is 1. The molecule has 2 aromatic heterocycles. The van der Waals surface area contributed by atoms with Gasteiger partial charge in [-0.05, 0) is 59.3 Å². The average molecular weight is 486 g/mol. The summed E-state index contributed by atoms with van der Waals surface area (Å²) in [6, 6.07) is 18.2. The van der Waals surface area contributed by atoms with Crippen molar-refractivity contribution in [1.29, 1.82) is 0 Å². The Bertz CT molecular complexity index is 1390. The molecule has 0 spiro atoms. The van der Waals surface area contributed by atoms with E-state index in [0.29, 0.717) is 17.9 Å². The van der Waals surface area contributed by atoms with Gasteiger partial charge in [-0.2, -0.15) is 0 Å². The second kappa shape index (κ2) is 9.83. The number of H-pyrrole nitrogens is 1. The maximum atomic E-state index is 13.5. The van der Waals surface area contributed by atoms with E-state index in [-0.39, 0.29) is 17.7 Å². The smallest absolute Gasteiger partial charge is 0.253 e. The molecule has 0 radical (unpaired) electrons. The van der Waals surface area contributed by atoms with Crippen molar-refractivity contribution in [1.82, 2.24) is 30.1 Å². The molecule has 6 rings (SSSR count). The van der Waals surface area contributed by atoms with Crippen molar-refractivity contribution in [2.75, 3.05) is 37.7 Å². The molecular weight excluding hydrogens is 454 g/mol. The number of hydrogen-bond acceptors (Lipinski definition) is 7. The highest BCUT2D eigenvalue weighted by Crippen LogP contribution is 2.30. The maximum Gasteiger partial charge on any atom is 0.253 e. The van der Waals surface area contributed by atoms with Crippen LogP contribution in [0.15, 0.2) is 59.4 Å². The Kier molecular flexibility index (Phi) is 6.25. The Labute approximate surface area is 209 Å². The molecule has 4 aromatic rings. The molecule has 2 atom stereocenters. The minimum absolute atomic E-state index is 0.0976. The van der Waals surface area contributed by atoms with Crippen LogP contribution < -0.4 is 10.5 Å². The summed E-state index contributed by atoms with van der Waals surface area (Å²) in [4.78, 5) is 21.4. The van der Waals surface area contributed by atoms with E-state index in [9.17, 15) is 4.79 Å². The highest BCUT2D eigenvalue weighted by atomic mass is 16.5. The van der Waals surface area contributed by atoms with Crippen molar-refractivity contribution < 1.29 is 4.74 Å². The first-order chi connectivity index (χ1) is 17.7. The van der Waals surface area contributed by atoms with E-state index in [0.717, 1.165) is 62.1 Å². The first-order valence-electron chi connectivity index (χ1n) is 12.7. The number of aromatic amines is 1. The number of fused-ring (bicyclic) bond motifs is 1. The minimum atomic E-state index is -0.354. The van der Waals surface area contributed by atoms with Gasteiger partial charge in [0.15, 0.2) is 5.82 Å². The van der Waals surface area contributed by atoms with E-state index in [2.05, 4.69) is 54.6 Å². The third kappa shape index (κ3) is 4.40. The molecule has 2 aliphatic heterocycles. The first kappa shape index (κ1) is 22.9. The summed E-state index contributed by atoms with van der Waals surface area (Å²) < 4.78 is 7.70. The standard InChI is InChI=1S/C27H31N7O2/c1-19-7-5-8-20-17-23(27(35)28-24(19)20)25(26-29-30-31-34(26)18-22-11-6-16-36-22)33-14-12-32(13-15-33)21-9-3-2-4-10-21/h2-5,7-10,17,22,25H,6,11-16,18H2,1H3,(H,28,35)/t22-,25+/m1/s1. The zero-order valence-corrected chi connectivity index (χ0v) is 20.5. The monoisotopic (exact) mass is 485 g/mol. The lowest BCUT2D eigenvalue weighted by Crippen LogP contribution is -2.49. The second-order valence-corrected chi connectivity index (χ2v) is 9.71. The molecule has 2 aliphatic rings. The molecule has 0 aliphatic carbocycles. The van der Waals surface area contributed by atoms with Crippen molar-refractivity contribution in [3.05, 3.63) is 81.9 Å². The summed E-state index contributed by atoms with van der Waals surface area (Å²) in [5, 5.41) is 13.8. The summed E-state index contributed by atoms with van der Waals surface area (Å²) in [5.41, 5.74) is 3.71.